The first kappa shape index (κ1) is 17.5. The van der Waals surface area contributed by atoms with Crippen LogP contribution in [0.1, 0.15) is 31.9 Å². The van der Waals surface area contributed by atoms with E-state index in [4.69, 9.17) is 11.5 Å². The van der Waals surface area contributed by atoms with Crippen LogP contribution in [-0.2, 0) is 12.0 Å². The molecule has 0 aliphatic rings. The van der Waals surface area contributed by atoms with Crippen molar-refractivity contribution in [3.05, 3.63) is 47.9 Å². The maximum absolute atomic E-state index is 11.4. The van der Waals surface area contributed by atoms with Crippen LogP contribution in [0, 0.1) is 0 Å². The molecular formula is C18H21N5OSe. The average molecular weight is 402 g/mol. The Balaban J connectivity index is 1.99. The molecule has 0 unspecified atom stereocenters. The van der Waals surface area contributed by atoms with E-state index in [0.717, 1.165) is 21.1 Å². The quantitative estimate of drug-likeness (QED) is 0.650. The van der Waals surface area contributed by atoms with E-state index in [0.29, 0.717) is 12.4 Å². The predicted octanol–water partition coefficient (Wildman–Crippen LogP) is 1.77. The van der Waals surface area contributed by atoms with Crippen molar-refractivity contribution in [3.8, 4) is 0 Å². The first-order chi connectivity index (χ1) is 11.8. The van der Waals surface area contributed by atoms with Crippen molar-refractivity contribution in [3.63, 3.8) is 0 Å². The van der Waals surface area contributed by atoms with Crippen LogP contribution >= 0.6 is 0 Å². The number of aromatic nitrogens is 3. The number of anilines is 1. The number of hydrogen-bond acceptors (Lipinski definition) is 4. The molecule has 2 heterocycles. The van der Waals surface area contributed by atoms with Crippen LogP contribution in [0.4, 0.5) is 10.6 Å². The first-order valence-corrected chi connectivity index (χ1v) is 9.63. The molecule has 3 aromatic rings. The van der Waals surface area contributed by atoms with Gasteiger partial charge in [-0.05, 0) is 0 Å². The summed E-state index contributed by atoms with van der Waals surface area (Å²) in [5, 5.41) is 0.729. The molecule has 0 atom stereocenters. The van der Waals surface area contributed by atoms with Crippen molar-refractivity contribution in [1.82, 2.24) is 14.5 Å². The van der Waals surface area contributed by atoms with Gasteiger partial charge in [-0.2, -0.15) is 0 Å². The van der Waals surface area contributed by atoms with Crippen LogP contribution in [0.3, 0.4) is 0 Å². The number of fused-ring (bicyclic) bond motifs is 1. The van der Waals surface area contributed by atoms with Gasteiger partial charge in [0.15, 0.2) is 0 Å². The van der Waals surface area contributed by atoms with E-state index in [9.17, 15) is 4.79 Å². The summed E-state index contributed by atoms with van der Waals surface area (Å²) in [6, 6.07) is 8.54. The number of primary amides is 1. The van der Waals surface area contributed by atoms with Crippen LogP contribution in [0.5, 0.6) is 0 Å². The minimum atomic E-state index is -0.502. The van der Waals surface area contributed by atoms with E-state index in [1.165, 1.54) is 11.9 Å². The number of amides is 1. The van der Waals surface area contributed by atoms with Gasteiger partial charge in [0.2, 0.25) is 0 Å². The number of carbonyl (C=O) groups excluding carboxylic acids is 1. The van der Waals surface area contributed by atoms with Gasteiger partial charge in [-0.1, -0.05) is 0 Å². The Bertz CT molecular complexity index is 925. The third-order valence-electron chi connectivity index (χ3n) is 4.03. The summed E-state index contributed by atoms with van der Waals surface area (Å²) in [7, 11) is 0. The Morgan fingerprint density at radius 1 is 1.20 bits per heavy atom. The van der Waals surface area contributed by atoms with Crippen molar-refractivity contribution in [2.75, 3.05) is 5.73 Å². The number of rotatable bonds is 4. The summed E-state index contributed by atoms with van der Waals surface area (Å²) in [6.45, 7) is 7.23. The summed E-state index contributed by atoms with van der Waals surface area (Å²) >= 11 is -0.502. The third kappa shape index (κ3) is 3.67. The molecule has 0 radical (unpaired) electrons. The average Bonchev–Trinajstić information content (AvgIpc) is 2.85. The Kier molecular flexibility index (Phi) is 4.54. The summed E-state index contributed by atoms with van der Waals surface area (Å²) < 4.78 is 2.82. The first-order valence-electron chi connectivity index (χ1n) is 7.91. The number of nitrogen functional groups attached to an aromatic ring is 1. The molecule has 0 saturated carbocycles. The molecule has 0 saturated heterocycles. The zero-order valence-corrected chi connectivity index (χ0v) is 16.2. The summed E-state index contributed by atoms with van der Waals surface area (Å²) in [4.78, 5) is 19.4. The van der Waals surface area contributed by atoms with Gasteiger partial charge in [0.05, 0.1) is 0 Å². The van der Waals surface area contributed by atoms with Gasteiger partial charge in [-0.3, -0.25) is 0 Å². The molecule has 0 bridgehead atoms. The summed E-state index contributed by atoms with van der Waals surface area (Å²) in [6.07, 6.45) is 3.36. The van der Waals surface area contributed by atoms with Crippen molar-refractivity contribution in [2.24, 2.45) is 5.73 Å². The number of hydrogen-bond donors (Lipinski definition) is 2. The monoisotopic (exact) mass is 403 g/mol. The molecule has 130 valence electrons. The van der Waals surface area contributed by atoms with Gasteiger partial charge < -0.3 is 0 Å². The van der Waals surface area contributed by atoms with Gasteiger partial charge in [0.25, 0.3) is 0 Å². The summed E-state index contributed by atoms with van der Waals surface area (Å²) in [5.41, 5.74) is 14.7. The number of nitrogens with two attached hydrogens (primary N) is 2. The molecule has 25 heavy (non-hydrogen) atoms. The van der Waals surface area contributed by atoms with Crippen molar-refractivity contribution in [1.29, 1.82) is 0 Å². The van der Waals surface area contributed by atoms with Gasteiger partial charge in [0.1, 0.15) is 0 Å². The molecule has 0 fully saturated rings. The zero-order chi connectivity index (χ0) is 18.2. The molecule has 6 nitrogen and oxygen atoms in total. The predicted molar refractivity (Wildman–Crippen MR) is 101 cm³/mol. The molecule has 7 heteroatoms. The number of carbonyl (C=O) groups is 1. The second-order valence-electron chi connectivity index (χ2n) is 6.95. The Morgan fingerprint density at radius 3 is 2.48 bits per heavy atom. The van der Waals surface area contributed by atoms with E-state index in [1.807, 2.05) is 10.8 Å². The molecule has 0 aliphatic heterocycles. The van der Waals surface area contributed by atoms with E-state index in [2.05, 4.69) is 55.0 Å². The Labute approximate surface area is 152 Å². The fraction of sp³-hybridized carbons (Fsp3) is 0.278. The van der Waals surface area contributed by atoms with E-state index < -0.39 is 15.0 Å². The second-order valence-corrected chi connectivity index (χ2v) is 9.14. The van der Waals surface area contributed by atoms with E-state index in [-0.39, 0.29) is 10.2 Å². The third-order valence-corrected chi connectivity index (χ3v) is 5.56. The normalized spacial score (nSPS) is 11.8. The fourth-order valence-corrected chi connectivity index (χ4v) is 4.18. The van der Waals surface area contributed by atoms with Crippen LogP contribution in [0.15, 0.2) is 36.8 Å². The Morgan fingerprint density at radius 2 is 1.88 bits per heavy atom. The number of benzene rings is 1. The Hall–Kier alpha value is -2.37. The standard InChI is InChI=1S/C18H21N5OSe/c1-18(2,3)12-6-4-11(5-7-12)8-23-9-13(25-17(20)24)14-15(19)21-10-22-16(14)23/h4-7,9-10H,8H2,1-3H3,(H2,20,24)(H2,19,21,22). The molecule has 4 N–H and O–H groups in total. The molecular weight excluding hydrogens is 381 g/mol. The van der Waals surface area contributed by atoms with Crippen LogP contribution < -0.4 is 15.9 Å². The van der Waals surface area contributed by atoms with Crippen LogP contribution in [0.2, 0.25) is 0 Å². The van der Waals surface area contributed by atoms with E-state index in [1.54, 1.807) is 0 Å². The minimum absolute atomic E-state index is 0.123. The number of nitrogens with zero attached hydrogens (tertiary/aromatic N) is 3. The van der Waals surface area contributed by atoms with Gasteiger partial charge in [-0.15, -0.1) is 0 Å². The molecule has 0 spiro atoms. The van der Waals surface area contributed by atoms with Crippen LogP contribution in [0.25, 0.3) is 11.0 Å². The molecule has 1 aromatic carbocycles. The maximum atomic E-state index is 11.4. The van der Waals surface area contributed by atoms with Gasteiger partial charge in [0, 0.05) is 0 Å². The SMILES string of the molecule is CC(C)(C)c1ccc(Cn2cc([Se]C(N)=O)c3c(N)ncnc32)cc1. The molecule has 2 aromatic heterocycles. The van der Waals surface area contributed by atoms with Crippen LogP contribution in [-0.4, -0.2) is 34.3 Å². The zero-order valence-electron chi connectivity index (χ0n) is 14.5. The van der Waals surface area contributed by atoms with Crippen molar-refractivity contribution in [2.45, 2.75) is 32.7 Å². The topological polar surface area (TPSA) is 99.8 Å². The molecule has 3 rings (SSSR count). The molecule has 1 amide bonds. The second kappa shape index (κ2) is 6.50. The fourth-order valence-electron chi connectivity index (χ4n) is 2.72. The van der Waals surface area contributed by atoms with Crippen molar-refractivity contribution >= 4 is 41.1 Å². The van der Waals surface area contributed by atoms with E-state index >= 15 is 0 Å². The van der Waals surface area contributed by atoms with Crippen molar-refractivity contribution < 1.29 is 4.79 Å². The summed E-state index contributed by atoms with van der Waals surface area (Å²) in [5.74, 6) is 0.380. The van der Waals surface area contributed by atoms with Gasteiger partial charge in [-0.25, -0.2) is 0 Å². The molecule has 0 aliphatic carbocycles. The van der Waals surface area contributed by atoms with Gasteiger partial charge >= 0.3 is 153 Å².